The highest BCUT2D eigenvalue weighted by Crippen LogP contribution is 2.58. The van der Waals surface area contributed by atoms with Crippen LogP contribution in [0.3, 0.4) is 0 Å². The van der Waals surface area contributed by atoms with E-state index in [0.29, 0.717) is 12.0 Å². The predicted molar refractivity (Wildman–Crippen MR) is 79.6 cm³/mol. The third-order valence-corrected chi connectivity index (χ3v) is 6.62. The molecule has 20 heavy (non-hydrogen) atoms. The highest BCUT2D eigenvalue weighted by molar-refractivity contribution is 5.21. The Kier molecular flexibility index (Phi) is 2.98. The van der Waals surface area contributed by atoms with Crippen molar-refractivity contribution in [2.75, 3.05) is 39.3 Å². The molecule has 3 atom stereocenters. The maximum absolute atomic E-state index is 6.87. The van der Waals surface area contributed by atoms with Crippen LogP contribution in [0, 0.1) is 11.3 Å². The van der Waals surface area contributed by atoms with Crippen LogP contribution in [0.25, 0.3) is 0 Å². The number of nitrogens with two attached hydrogens (primary N) is 1. The molecule has 0 amide bonds. The first kappa shape index (κ1) is 13.5. The van der Waals surface area contributed by atoms with Crippen molar-refractivity contribution in [3.8, 4) is 0 Å². The molecule has 2 saturated heterocycles. The first-order valence-corrected chi connectivity index (χ1v) is 8.39. The summed E-state index contributed by atoms with van der Waals surface area (Å²) in [5.41, 5.74) is 6.95. The number of nitrogens with zero attached hydrogens (tertiary/aromatic N) is 2. The van der Waals surface area contributed by atoms with Crippen LogP contribution >= 0.6 is 0 Å². The van der Waals surface area contributed by atoms with Crippen molar-refractivity contribution in [2.45, 2.75) is 50.8 Å². The number of ether oxygens (including phenoxy) is 1. The average molecular weight is 279 g/mol. The van der Waals surface area contributed by atoms with Crippen molar-refractivity contribution in [1.82, 2.24) is 9.80 Å². The van der Waals surface area contributed by atoms with Gasteiger partial charge in [-0.1, -0.05) is 13.8 Å². The van der Waals surface area contributed by atoms with E-state index in [1.54, 1.807) is 0 Å². The van der Waals surface area contributed by atoms with E-state index in [4.69, 9.17) is 10.5 Å². The first-order chi connectivity index (χ1) is 9.52. The zero-order valence-corrected chi connectivity index (χ0v) is 13.0. The Bertz CT molecular complexity index is 387. The largest absolute Gasteiger partial charge is 0.377 e. The van der Waals surface area contributed by atoms with E-state index in [9.17, 15) is 0 Å². The molecule has 0 bridgehead atoms. The summed E-state index contributed by atoms with van der Waals surface area (Å²) in [5, 5.41) is 0. The van der Waals surface area contributed by atoms with Crippen LogP contribution in [0.15, 0.2) is 0 Å². The van der Waals surface area contributed by atoms with Gasteiger partial charge in [0.15, 0.2) is 0 Å². The topological polar surface area (TPSA) is 41.7 Å². The lowest BCUT2D eigenvalue weighted by molar-refractivity contribution is -0.164. The number of hydrogen-bond donors (Lipinski definition) is 1. The minimum absolute atomic E-state index is 0.0457. The smallest absolute Gasteiger partial charge is 0.0691 e. The molecule has 4 fully saturated rings. The van der Waals surface area contributed by atoms with Crippen LogP contribution in [-0.2, 0) is 4.74 Å². The van der Waals surface area contributed by atoms with Gasteiger partial charge >= 0.3 is 0 Å². The number of hydrogen-bond acceptors (Lipinski definition) is 4. The SMILES string of the molecule is CC1(C)C2OCCC2C1(N)CN1CCN(C2CC2)CC1. The molecule has 0 aromatic heterocycles. The predicted octanol–water partition coefficient (Wildman–Crippen LogP) is 0.909. The summed E-state index contributed by atoms with van der Waals surface area (Å²) < 4.78 is 5.90. The van der Waals surface area contributed by atoms with E-state index in [0.717, 1.165) is 25.6 Å². The van der Waals surface area contributed by atoms with Crippen molar-refractivity contribution in [1.29, 1.82) is 0 Å². The molecular formula is C16H29N3O. The molecule has 4 rings (SSSR count). The molecule has 4 nitrogen and oxygen atoms in total. The van der Waals surface area contributed by atoms with Gasteiger partial charge in [0.2, 0.25) is 0 Å². The molecular weight excluding hydrogens is 250 g/mol. The van der Waals surface area contributed by atoms with Gasteiger partial charge in [-0.05, 0) is 19.3 Å². The Balaban J connectivity index is 1.39. The molecule has 3 unspecified atom stereocenters. The fourth-order valence-electron chi connectivity index (χ4n) is 4.89. The van der Waals surface area contributed by atoms with E-state index < -0.39 is 0 Å². The number of piperazine rings is 1. The fraction of sp³-hybridized carbons (Fsp3) is 1.00. The normalized spacial score (nSPS) is 45.1. The molecule has 2 saturated carbocycles. The monoisotopic (exact) mass is 279 g/mol. The summed E-state index contributed by atoms with van der Waals surface area (Å²) in [6.07, 6.45) is 4.41. The van der Waals surface area contributed by atoms with Crippen LogP contribution in [0.5, 0.6) is 0 Å². The summed E-state index contributed by atoms with van der Waals surface area (Å²) in [6, 6.07) is 0.914. The summed E-state index contributed by atoms with van der Waals surface area (Å²) in [4.78, 5) is 5.28. The van der Waals surface area contributed by atoms with E-state index >= 15 is 0 Å². The average Bonchev–Trinajstić information content (AvgIpc) is 3.16. The number of rotatable bonds is 3. The summed E-state index contributed by atoms with van der Waals surface area (Å²) in [7, 11) is 0. The van der Waals surface area contributed by atoms with Gasteiger partial charge in [-0.2, -0.15) is 0 Å². The van der Waals surface area contributed by atoms with Gasteiger partial charge in [0, 0.05) is 62.2 Å². The first-order valence-electron chi connectivity index (χ1n) is 8.39. The van der Waals surface area contributed by atoms with Crippen molar-refractivity contribution >= 4 is 0 Å². The summed E-state index contributed by atoms with van der Waals surface area (Å²) >= 11 is 0. The van der Waals surface area contributed by atoms with Crippen LogP contribution in [-0.4, -0.2) is 66.8 Å². The van der Waals surface area contributed by atoms with E-state index in [1.165, 1.54) is 39.0 Å². The second kappa shape index (κ2) is 4.42. The zero-order valence-electron chi connectivity index (χ0n) is 13.0. The molecule has 4 heteroatoms. The summed E-state index contributed by atoms with van der Waals surface area (Å²) in [6.45, 7) is 11.5. The molecule has 2 N–H and O–H groups in total. The minimum Gasteiger partial charge on any atom is -0.377 e. The Morgan fingerprint density at radius 3 is 2.45 bits per heavy atom. The quantitative estimate of drug-likeness (QED) is 0.834. The van der Waals surface area contributed by atoms with Gasteiger partial charge in [-0.15, -0.1) is 0 Å². The zero-order chi connectivity index (χ0) is 14.0. The second-order valence-electron chi connectivity index (χ2n) is 7.99. The maximum Gasteiger partial charge on any atom is 0.0691 e. The Morgan fingerprint density at radius 2 is 1.80 bits per heavy atom. The molecule has 2 heterocycles. The molecule has 4 aliphatic rings. The Hall–Kier alpha value is -0.160. The van der Waals surface area contributed by atoms with Gasteiger partial charge in [0.05, 0.1) is 6.10 Å². The fourth-order valence-corrected chi connectivity index (χ4v) is 4.89. The van der Waals surface area contributed by atoms with Gasteiger partial charge in [-0.3, -0.25) is 9.80 Å². The van der Waals surface area contributed by atoms with Gasteiger partial charge in [0.25, 0.3) is 0 Å². The van der Waals surface area contributed by atoms with E-state index in [1.807, 2.05) is 0 Å². The third-order valence-electron chi connectivity index (χ3n) is 6.62. The van der Waals surface area contributed by atoms with Crippen LogP contribution < -0.4 is 5.73 Å². The second-order valence-corrected chi connectivity index (χ2v) is 7.99. The van der Waals surface area contributed by atoms with E-state index in [-0.39, 0.29) is 11.0 Å². The lowest BCUT2D eigenvalue weighted by atomic mass is 9.48. The number of fused-ring (bicyclic) bond motifs is 1. The third kappa shape index (κ3) is 1.81. The molecule has 2 aliphatic heterocycles. The highest BCUT2D eigenvalue weighted by atomic mass is 16.5. The molecule has 0 aromatic rings. The van der Waals surface area contributed by atoms with Crippen LogP contribution in [0.1, 0.15) is 33.1 Å². The standard InChI is InChI=1S/C16H29N3O/c1-15(2)14-13(5-10-20-14)16(15,17)11-18-6-8-19(9-7-18)12-3-4-12/h12-14H,3-11,17H2,1-2H3. The van der Waals surface area contributed by atoms with E-state index in [2.05, 4.69) is 23.6 Å². The molecule has 0 aromatic carbocycles. The molecule has 2 aliphatic carbocycles. The van der Waals surface area contributed by atoms with Gasteiger partial charge in [-0.25, -0.2) is 0 Å². The van der Waals surface area contributed by atoms with Crippen molar-refractivity contribution in [3.05, 3.63) is 0 Å². The summed E-state index contributed by atoms with van der Waals surface area (Å²) in [5.74, 6) is 0.582. The van der Waals surface area contributed by atoms with Gasteiger partial charge in [0.1, 0.15) is 0 Å². The lowest BCUT2D eigenvalue weighted by Crippen LogP contribution is -2.78. The van der Waals surface area contributed by atoms with Crippen molar-refractivity contribution in [2.24, 2.45) is 17.1 Å². The lowest BCUT2D eigenvalue weighted by Gasteiger charge is -2.63. The molecule has 0 radical (unpaired) electrons. The molecule has 0 spiro atoms. The minimum atomic E-state index is -0.0457. The maximum atomic E-state index is 6.87. The van der Waals surface area contributed by atoms with Crippen molar-refractivity contribution < 1.29 is 4.74 Å². The van der Waals surface area contributed by atoms with Crippen LogP contribution in [0.4, 0.5) is 0 Å². The van der Waals surface area contributed by atoms with Gasteiger partial charge < -0.3 is 10.5 Å². The Morgan fingerprint density at radius 1 is 1.10 bits per heavy atom. The highest BCUT2D eigenvalue weighted by Gasteiger charge is 2.67. The Labute approximate surface area is 122 Å². The molecule has 114 valence electrons. The van der Waals surface area contributed by atoms with Crippen LogP contribution in [0.2, 0.25) is 0 Å². The van der Waals surface area contributed by atoms with Crippen molar-refractivity contribution in [3.63, 3.8) is 0 Å².